The first-order chi connectivity index (χ1) is 22.7. The van der Waals surface area contributed by atoms with Gasteiger partial charge in [0.05, 0.1) is 0 Å². The van der Waals surface area contributed by atoms with Crippen LogP contribution < -0.4 is 10.4 Å². The molecule has 0 radical (unpaired) electrons. The molecule has 4 atom stereocenters. The monoisotopic (exact) mass is 734 g/mol. The first-order valence-electron chi connectivity index (χ1n) is 17.8. The Morgan fingerprint density at radius 1 is 0.750 bits per heavy atom. The van der Waals surface area contributed by atoms with Crippen molar-refractivity contribution in [1.82, 2.24) is 4.90 Å². The van der Waals surface area contributed by atoms with E-state index >= 15 is 0 Å². The number of fused-ring (bicyclic) bond motifs is 2. The fourth-order valence-electron chi connectivity index (χ4n) is 8.39. The van der Waals surface area contributed by atoms with E-state index in [1.165, 1.54) is 64.7 Å². The molecule has 6 rings (SSSR count). The standard InChI is InChI=1S/C41H53N2Si.CH3.2ClH.Ti/c1-6-8-14-31-20-24-35(25-21-31)44(42-41(3,4)5,36-26-22-32(23-27-36)15-9-7-2)40-28-39(37-18-12-13-19-38(37)40)43-29-33-16-10-11-17-34(33)30-43;;;;/h10-13,16-27,37-40H,6-9,14-15,28-30H2,1-5H3;1H3;2*1H;/q2*-1;;;+2/p-2/t37?,38?,39?,40-;;;;/m0..../s1. The van der Waals surface area contributed by atoms with Crippen LogP contribution in [0.5, 0.6) is 0 Å². The quantitative estimate of drug-likeness (QED) is 0.142. The van der Waals surface area contributed by atoms with Crippen molar-refractivity contribution in [1.29, 1.82) is 0 Å². The van der Waals surface area contributed by atoms with E-state index < -0.39 is 25.3 Å². The van der Waals surface area contributed by atoms with E-state index in [4.69, 9.17) is 23.6 Å². The minimum absolute atomic E-state index is 0. The van der Waals surface area contributed by atoms with Gasteiger partial charge in [-0.1, -0.05) is 155 Å². The number of hydrogen-bond donors (Lipinski definition) is 0. The van der Waals surface area contributed by atoms with Crippen LogP contribution >= 0.6 is 18.6 Å². The van der Waals surface area contributed by atoms with Crippen LogP contribution in [-0.4, -0.2) is 24.7 Å². The van der Waals surface area contributed by atoms with E-state index in [9.17, 15) is 0 Å². The fourth-order valence-corrected chi connectivity index (χ4v) is 13.9. The topological polar surface area (TPSA) is 17.3 Å². The van der Waals surface area contributed by atoms with E-state index in [0.29, 0.717) is 23.4 Å². The summed E-state index contributed by atoms with van der Waals surface area (Å²) >= 11 is -0.556. The average molecular weight is 736 g/mol. The first-order valence-corrected chi connectivity index (χ1v) is 24.1. The van der Waals surface area contributed by atoms with Gasteiger partial charge >= 0.3 is 35.6 Å². The number of aryl methyl sites for hydroxylation is 2. The third kappa shape index (κ3) is 9.07. The Balaban J connectivity index is 0.00000125. The predicted molar refractivity (Wildman–Crippen MR) is 209 cm³/mol. The zero-order valence-corrected chi connectivity index (χ0v) is 34.1. The van der Waals surface area contributed by atoms with Gasteiger partial charge in [-0.3, -0.25) is 4.90 Å². The molecule has 0 N–H and O–H groups in total. The Labute approximate surface area is 310 Å². The summed E-state index contributed by atoms with van der Waals surface area (Å²) in [4.78, 5) is 8.90. The van der Waals surface area contributed by atoms with Crippen LogP contribution in [0.25, 0.3) is 4.98 Å². The summed E-state index contributed by atoms with van der Waals surface area (Å²) in [6, 6.07) is 29.3. The number of unbranched alkanes of at least 4 members (excludes halogenated alkanes) is 2. The molecule has 2 aliphatic carbocycles. The van der Waals surface area contributed by atoms with Gasteiger partial charge in [-0.25, -0.2) is 0 Å². The van der Waals surface area contributed by atoms with E-state index in [-0.39, 0.29) is 13.0 Å². The number of halogens is 2. The van der Waals surface area contributed by atoms with Crippen molar-refractivity contribution >= 4 is 37.2 Å². The van der Waals surface area contributed by atoms with Crippen molar-refractivity contribution in [2.75, 3.05) is 0 Å². The maximum atomic E-state index is 6.10. The van der Waals surface area contributed by atoms with E-state index in [1.54, 1.807) is 0 Å². The van der Waals surface area contributed by atoms with Gasteiger partial charge in [0.15, 0.2) is 0 Å². The molecule has 0 bridgehead atoms. The predicted octanol–water partition coefficient (Wildman–Crippen LogP) is 10.9. The van der Waals surface area contributed by atoms with Crippen molar-refractivity contribution < 1.29 is 17.0 Å². The molecule has 1 saturated carbocycles. The summed E-state index contributed by atoms with van der Waals surface area (Å²) in [5.74, 6) is 1.01. The molecule has 258 valence electrons. The average Bonchev–Trinajstić information content (AvgIpc) is 3.68. The van der Waals surface area contributed by atoms with Crippen LogP contribution in [0.2, 0.25) is 5.54 Å². The van der Waals surface area contributed by atoms with Crippen LogP contribution in [0.1, 0.15) is 89.0 Å². The van der Waals surface area contributed by atoms with Gasteiger partial charge in [0.2, 0.25) is 0 Å². The second-order valence-corrected chi connectivity index (χ2v) is 21.0. The van der Waals surface area contributed by atoms with Gasteiger partial charge in [-0.2, -0.15) is 0 Å². The molecule has 3 unspecified atom stereocenters. The van der Waals surface area contributed by atoms with Crippen LogP contribution in [-0.2, 0) is 43.0 Å². The van der Waals surface area contributed by atoms with Gasteiger partial charge in [0.25, 0.3) is 0 Å². The van der Waals surface area contributed by atoms with Crippen molar-refractivity contribution in [3.63, 3.8) is 0 Å². The third-order valence-electron chi connectivity index (χ3n) is 10.4. The second kappa shape index (κ2) is 18.2. The number of benzene rings is 3. The SMILES string of the molecule is CCCCc1ccc([Si]([N-]C(C)(C)C)(c2ccc(CCCC)cc2)[C@H]2CC(N3Cc4ccccc4C3)C3C=CC=CC32)cc1.[CH3-].[Cl][Ti][Cl]. The molecule has 1 heterocycles. The van der Waals surface area contributed by atoms with Crippen LogP contribution in [0.4, 0.5) is 0 Å². The Kier molecular flexibility index (Phi) is 14.9. The summed E-state index contributed by atoms with van der Waals surface area (Å²) in [5, 5.41) is 2.98. The Morgan fingerprint density at radius 3 is 1.65 bits per heavy atom. The molecule has 0 amide bonds. The van der Waals surface area contributed by atoms with Gasteiger partial charge in [-0.05, 0) is 71.7 Å². The minimum atomic E-state index is -2.63. The Hall–Kier alpha value is -1.43. The molecule has 3 aliphatic rings. The van der Waals surface area contributed by atoms with Crippen molar-refractivity contribution in [3.05, 3.63) is 132 Å². The Morgan fingerprint density at radius 2 is 1.21 bits per heavy atom. The maximum absolute atomic E-state index is 6.10. The molecule has 1 aliphatic heterocycles. The molecular weight excluding hydrogens is 679 g/mol. The summed E-state index contributed by atoms with van der Waals surface area (Å²) in [6.07, 6.45) is 18.2. The van der Waals surface area contributed by atoms with Gasteiger partial charge in [0.1, 0.15) is 0 Å². The first kappa shape index (κ1) is 39.4. The molecule has 3 aromatic carbocycles. The van der Waals surface area contributed by atoms with E-state index in [1.807, 2.05) is 0 Å². The van der Waals surface area contributed by atoms with Crippen LogP contribution in [0.3, 0.4) is 0 Å². The van der Waals surface area contributed by atoms with E-state index in [0.717, 1.165) is 25.9 Å². The summed E-state index contributed by atoms with van der Waals surface area (Å²) in [6.45, 7) is 13.7. The number of allylic oxidation sites excluding steroid dienone is 3. The van der Waals surface area contributed by atoms with Gasteiger partial charge in [-0.15, -0.1) is 5.54 Å². The molecule has 2 nitrogen and oxygen atoms in total. The van der Waals surface area contributed by atoms with Crippen LogP contribution in [0, 0.1) is 19.3 Å². The molecule has 3 aromatic rings. The number of rotatable bonds is 11. The van der Waals surface area contributed by atoms with Crippen molar-refractivity contribution in [2.45, 2.75) is 110 Å². The fraction of sp³-hybridized carbons (Fsp3) is 0.452. The summed E-state index contributed by atoms with van der Waals surface area (Å²) < 4.78 is 0. The molecule has 0 spiro atoms. The van der Waals surface area contributed by atoms with Crippen LogP contribution in [0.15, 0.2) is 97.1 Å². The van der Waals surface area contributed by atoms with Gasteiger partial charge < -0.3 is 12.4 Å². The molecule has 0 saturated heterocycles. The van der Waals surface area contributed by atoms with Crippen molar-refractivity contribution in [2.24, 2.45) is 11.8 Å². The van der Waals surface area contributed by atoms with Gasteiger partial charge in [0, 0.05) is 27.4 Å². The molecular formula is C42H56Cl2N2SiTi-2. The summed E-state index contributed by atoms with van der Waals surface area (Å²) in [5.41, 5.74) is 6.29. The zero-order chi connectivity index (χ0) is 33.4. The molecule has 6 heteroatoms. The second-order valence-electron chi connectivity index (χ2n) is 14.7. The normalized spacial score (nSPS) is 21.6. The molecule has 1 fully saturated rings. The summed E-state index contributed by atoms with van der Waals surface area (Å²) in [7, 11) is 7.15. The molecule has 48 heavy (non-hydrogen) atoms. The zero-order valence-electron chi connectivity index (χ0n) is 30.1. The van der Waals surface area contributed by atoms with E-state index in [2.05, 4.69) is 137 Å². The Bertz CT molecular complexity index is 1400. The molecule has 0 aromatic heterocycles. The third-order valence-corrected chi connectivity index (χ3v) is 15.6. The number of hydrogen-bond acceptors (Lipinski definition) is 1. The number of nitrogens with zero attached hydrogens (tertiary/aromatic N) is 2. The van der Waals surface area contributed by atoms with Crippen molar-refractivity contribution in [3.8, 4) is 0 Å².